The molecule has 1 N–H and O–H groups in total. The molecule has 0 atom stereocenters. The van der Waals surface area contributed by atoms with Crippen LogP contribution in [0.1, 0.15) is 57.4 Å². The highest BCUT2D eigenvalue weighted by molar-refractivity contribution is 5.86. The summed E-state index contributed by atoms with van der Waals surface area (Å²) < 4.78 is 45.1. The molecule has 2 aromatic rings. The maximum atomic E-state index is 13.5. The Morgan fingerprint density at radius 2 is 1.58 bits per heavy atom. The van der Waals surface area contributed by atoms with E-state index in [2.05, 4.69) is 22.2 Å². The molecule has 0 fully saturated rings. The van der Waals surface area contributed by atoms with Gasteiger partial charge in [0.05, 0.1) is 12.8 Å². The predicted octanol–water partition coefficient (Wildman–Crippen LogP) is 6.82. The topological polar surface area (TPSA) is 59.9 Å². The molecule has 0 bridgehead atoms. The number of rotatable bonds is 12. The molecule has 0 aliphatic carbocycles. The molecule has 0 spiro atoms. The van der Waals surface area contributed by atoms with Crippen molar-refractivity contribution in [3.63, 3.8) is 0 Å². The van der Waals surface area contributed by atoms with Crippen LogP contribution in [0.2, 0.25) is 0 Å². The van der Waals surface area contributed by atoms with Gasteiger partial charge in [0.25, 0.3) is 0 Å². The first-order valence-electron chi connectivity index (χ1n) is 10.4. The summed E-state index contributed by atoms with van der Waals surface area (Å²) in [5.74, 6) is -2.89. The summed E-state index contributed by atoms with van der Waals surface area (Å²) in [4.78, 5) is 16.3. The van der Waals surface area contributed by atoms with E-state index in [1.54, 1.807) is 24.3 Å². The minimum absolute atomic E-state index is 0.353. The van der Waals surface area contributed by atoms with Gasteiger partial charge in [0.2, 0.25) is 0 Å². The summed E-state index contributed by atoms with van der Waals surface area (Å²) in [6.45, 7) is 2.84. The zero-order chi connectivity index (χ0) is 22.5. The molecule has 0 saturated carbocycles. The summed E-state index contributed by atoms with van der Waals surface area (Å²) in [6.07, 6.45) is 8.32. The van der Waals surface area contributed by atoms with Crippen LogP contribution in [0.25, 0.3) is 0 Å². The first-order valence-corrected chi connectivity index (χ1v) is 10.4. The number of oxime groups is 1. The van der Waals surface area contributed by atoms with Gasteiger partial charge in [0.1, 0.15) is 11.6 Å². The lowest BCUT2D eigenvalue weighted by Crippen LogP contribution is -2.11. The molecule has 0 radical (unpaired) electrons. The predicted molar refractivity (Wildman–Crippen MR) is 114 cm³/mol. The molecule has 5 nitrogen and oxygen atoms in total. The molecular formula is C23H27F3N2O3. The standard InChI is InChI=1S/C23H27F3N2O3/c1-2-3-4-5-6-7-8-13-30-19-11-9-18(10-12-19)28-23(29)31-27-16-17-14-21(25)22(26)15-20(17)24/h9-12,14-16H,2-8,13H2,1H3,(H,28,29)/b27-16+. The van der Waals surface area contributed by atoms with Gasteiger partial charge >= 0.3 is 6.09 Å². The van der Waals surface area contributed by atoms with Crippen LogP contribution in [0.15, 0.2) is 41.6 Å². The number of hydrogen-bond donors (Lipinski definition) is 1. The maximum Gasteiger partial charge on any atom is 0.437 e. The summed E-state index contributed by atoms with van der Waals surface area (Å²) >= 11 is 0. The van der Waals surface area contributed by atoms with Gasteiger partial charge < -0.3 is 4.74 Å². The van der Waals surface area contributed by atoms with E-state index < -0.39 is 23.5 Å². The van der Waals surface area contributed by atoms with Crippen LogP contribution in [0.4, 0.5) is 23.7 Å². The second-order valence-electron chi connectivity index (χ2n) is 7.02. The Balaban J connectivity index is 1.69. The Morgan fingerprint density at radius 1 is 0.935 bits per heavy atom. The molecule has 0 aliphatic heterocycles. The van der Waals surface area contributed by atoms with E-state index in [0.717, 1.165) is 19.1 Å². The zero-order valence-corrected chi connectivity index (χ0v) is 17.5. The minimum Gasteiger partial charge on any atom is -0.494 e. The van der Waals surface area contributed by atoms with E-state index in [9.17, 15) is 18.0 Å². The highest BCUT2D eigenvalue weighted by Gasteiger charge is 2.09. The average Bonchev–Trinajstić information content (AvgIpc) is 2.75. The number of unbranched alkanes of at least 4 members (excludes halogenated alkanes) is 6. The summed E-state index contributed by atoms with van der Waals surface area (Å²) in [7, 11) is 0. The van der Waals surface area contributed by atoms with Crippen molar-refractivity contribution in [3.05, 3.63) is 59.4 Å². The smallest absolute Gasteiger partial charge is 0.437 e. The number of benzene rings is 2. The fourth-order valence-corrected chi connectivity index (χ4v) is 2.79. The first-order chi connectivity index (χ1) is 15.0. The largest absolute Gasteiger partial charge is 0.494 e. The number of amides is 1. The third-order valence-electron chi connectivity index (χ3n) is 4.48. The Labute approximate surface area is 180 Å². The lowest BCUT2D eigenvalue weighted by Gasteiger charge is -2.08. The highest BCUT2D eigenvalue weighted by Crippen LogP contribution is 2.17. The fourth-order valence-electron chi connectivity index (χ4n) is 2.79. The fraction of sp³-hybridized carbons (Fsp3) is 0.391. The van der Waals surface area contributed by atoms with E-state index in [1.807, 2.05) is 0 Å². The van der Waals surface area contributed by atoms with E-state index in [0.29, 0.717) is 30.2 Å². The second kappa shape index (κ2) is 13.3. The number of nitrogens with zero attached hydrogens (tertiary/aromatic N) is 1. The third kappa shape index (κ3) is 9.11. The number of nitrogens with one attached hydrogen (secondary N) is 1. The monoisotopic (exact) mass is 436 g/mol. The van der Waals surface area contributed by atoms with Crippen LogP contribution >= 0.6 is 0 Å². The van der Waals surface area contributed by atoms with E-state index in [4.69, 9.17) is 4.74 Å². The molecule has 0 aliphatic rings. The highest BCUT2D eigenvalue weighted by atomic mass is 19.2. The average molecular weight is 436 g/mol. The Kier molecular flexibility index (Phi) is 10.4. The number of anilines is 1. The second-order valence-corrected chi connectivity index (χ2v) is 7.02. The van der Waals surface area contributed by atoms with Crippen LogP contribution in [0.5, 0.6) is 5.75 Å². The van der Waals surface area contributed by atoms with Gasteiger partial charge in [0, 0.05) is 17.3 Å². The third-order valence-corrected chi connectivity index (χ3v) is 4.48. The molecule has 0 saturated heterocycles. The molecule has 2 rings (SSSR count). The van der Waals surface area contributed by atoms with Gasteiger partial charge in [-0.05, 0) is 36.8 Å². The van der Waals surface area contributed by atoms with Gasteiger partial charge in [-0.1, -0.05) is 50.6 Å². The molecule has 31 heavy (non-hydrogen) atoms. The number of carbonyl (C=O) groups excluding carboxylic acids is 1. The van der Waals surface area contributed by atoms with Crippen molar-refractivity contribution in [1.29, 1.82) is 0 Å². The molecule has 0 unspecified atom stereocenters. The molecule has 0 aromatic heterocycles. The van der Waals surface area contributed by atoms with Crippen molar-refractivity contribution < 1.29 is 27.5 Å². The molecular weight excluding hydrogens is 409 g/mol. The molecule has 1 amide bonds. The van der Waals surface area contributed by atoms with Gasteiger partial charge in [-0.2, -0.15) is 0 Å². The molecule has 2 aromatic carbocycles. The van der Waals surface area contributed by atoms with Crippen LogP contribution < -0.4 is 10.1 Å². The molecule has 168 valence electrons. The number of hydrogen-bond acceptors (Lipinski definition) is 4. The van der Waals surface area contributed by atoms with E-state index >= 15 is 0 Å². The van der Waals surface area contributed by atoms with Crippen LogP contribution in [-0.2, 0) is 4.84 Å². The van der Waals surface area contributed by atoms with Gasteiger partial charge in [-0.3, -0.25) is 10.2 Å². The Hall–Kier alpha value is -3.03. The first kappa shape index (κ1) is 24.2. The molecule has 8 heteroatoms. The zero-order valence-electron chi connectivity index (χ0n) is 17.5. The van der Waals surface area contributed by atoms with Crippen molar-refractivity contribution in [2.24, 2.45) is 5.16 Å². The van der Waals surface area contributed by atoms with E-state index in [-0.39, 0.29) is 5.56 Å². The number of carbonyl (C=O) groups is 1. The van der Waals surface area contributed by atoms with Crippen molar-refractivity contribution in [1.82, 2.24) is 0 Å². The van der Waals surface area contributed by atoms with Crippen LogP contribution in [0, 0.1) is 17.5 Å². The van der Waals surface area contributed by atoms with Crippen molar-refractivity contribution in [2.75, 3.05) is 11.9 Å². The maximum absolute atomic E-state index is 13.5. The van der Waals surface area contributed by atoms with Crippen molar-refractivity contribution >= 4 is 18.0 Å². The normalized spacial score (nSPS) is 11.0. The van der Waals surface area contributed by atoms with Gasteiger partial charge in [0.15, 0.2) is 11.6 Å². The Morgan fingerprint density at radius 3 is 2.29 bits per heavy atom. The summed E-state index contributed by atoms with van der Waals surface area (Å²) in [5, 5.41) is 5.71. The lowest BCUT2D eigenvalue weighted by molar-refractivity contribution is 0.167. The number of halogens is 3. The minimum atomic E-state index is -1.32. The van der Waals surface area contributed by atoms with Crippen molar-refractivity contribution in [2.45, 2.75) is 51.9 Å². The SMILES string of the molecule is CCCCCCCCCOc1ccc(NC(=O)O/N=C/c2cc(F)c(F)cc2F)cc1. The summed E-state index contributed by atoms with van der Waals surface area (Å²) in [6, 6.07) is 7.71. The quantitative estimate of drug-likeness (QED) is 0.131. The summed E-state index contributed by atoms with van der Waals surface area (Å²) in [5.41, 5.74) is 0.0941. The number of ether oxygens (including phenoxy) is 1. The molecule has 0 heterocycles. The van der Waals surface area contributed by atoms with Gasteiger partial charge in [-0.25, -0.2) is 18.0 Å². The van der Waals surface area contributed by atoms with Crippen LogP contribution in [0.3, 0.4) is 0 Å². The van der Waals surface area contributed by atoms with Crippen LogP contribution in [-0.4, -0.2) is 18.9 Å². The van der Waals surface area contributed by atoms with E-state index in [1.165, 1.54) is 32.1 Å². The Bertz CT molecular complexity index is 858. The lowest BCUT2D eigenvalue weighted by atomic mass is 10.1. The van der Waals surface area contributed by atoms with Gasteiger partial charge in [-0.15, -0.1) is 0 Å². The van der Waals surface area contributed by atoms with Crippen molar-refractivity contribution in [3.8, 4) is 5.75 Å².